The average molecular weight is 471 g/mol. The second-order valence-electron chi connectivity index (χ2n) is 16.1. The molecule has 5 aliphatic rings. The zero-order chi connectivity index (χ0) is 24.9. The Morgan fingerprint density at radius 3 is 1.97 bits per heavy atom. The summed E-state index contributed by atoms with van der Waals surface area (Å²) in [6.45, 7) is 22.5. The maximum absolute atomic E-state index is 11.8. The Hall–Kier alpha value is -0.530. The second-order valence-corrected chi connectivity index (χ2v) is 16.1. The molecule has 5 saturated carbocycles. The third kappa shape index (κ3) is 3.21. The summed E-state index contributed by atoms with van der Waals surface area (Å²) < 4.78 is 5.86. The van der Waals surface area contributed by atoms with Gasteiger partial charge in [-0.2, -0.15) is 0 Å². The number of carbonyl (C=O) groups is 1. The molecule has 2 heteroatoms. The van der Waals surface area contributed by atoms with Gasteiger partial charge in [-0.15, -0.1) is 0 Å². The summed E-state index contributed by atoms with van der Waals surface area (Å²) in [5.74, 6) is 2.84. The molecule has 2 nitrogen and oxygen atoms in total. The normalized spacial score (nSPS) is 56.3. The first-order chi connectivity index (χ1) is 15.6. The number of hydrogen-bond acceptors (Lipinski definition) is 2. The van der Waals surface area contributed by atoms with Gasteiger partial charge < -0.3 is 4.74 Å². The van der Waals surface area contributed by atoms with E-state index in [0.29, 0.717) is 38.4 Å². The molecule has 34 heavy (non-hydrogen) atoms. The van der Waals surface area contributed by atoms with Gasteiger partial charge in [-0.05, 0) is 127 Å². The van der Waals surface area contributed by atoms with Crippen LogP contribution in [-0.4, -0.2) is 12.1 Å². The summed E-state index contributed by atoms with van der Waals surface area (Å²) >= 11 is 0. The van der Waals surface area contributed by atoms with E-state index in [-0.39, 0.29) is 12.1 Å². The van der Waals surface area contributed by atoms with Crippen molar-refractivity contribution in [3.8, 4) is 0 Å². The summed E-state index contributed by atoms with van der Waals surface area (Å²) in [4.78, 5) is 11.8. The minimum Gasteiger partial charge on any atom is -0.462 e. The average Bonchev–Trinajstić information content (AvgIpc) is 2.74. The smallest absolute Gasteiger partial charge is 0.302 e. The number of hydrogen-bond donors (Lipinski definition) is 0. The Bertz CT molecular complexity index is 846. The molecule has 0 aromatic rings. The predicted octanol–water partition coefficient (Wildman–Crippen LogP) is 8.82. The molecule has 0 amide bonds. The summed E-state index contributed by atoms with van der Waals surface area (Å²) in [6, 6.07) is 0. The summed E-state index contributed by atoms with van der Waals surface area (Å²) in [5.41, 5.74) is 2.70. The fourth-order valence-electron chi connectivity index (χ4n) is 11.7. The molecule has 0 aromatic carbocycles. The summed E-state index contributed by atoms with van der Waals surface area (Å²) in [6.07, 6.45) is 15.1. The molecule has 5 rings (SSSR count). The molecule has 0 bridgehead atoms. The Balaban J connectivity index is 1.49. The van der Waals surface area contributed by atoms with E-state index in [0.717, 1.165) is 24.2 Å². The number of esters is 1. The van der Waals surface area contributed by atoms with Gasteiger partial charge in [0.1, 0.15) is 6.10 Å². The molecular weight excluding hydrogens is 416 g/mol. The molecule has 194 valence electrons. The van der Waals surface area contributed by atoms with Crippen LogP contribution in [0.3, 0.4) is 0 Å². The number of ether oxygens (including phenoxy) is 1. The van der Waals surface area contributed by atoms with Gasteiger partial charge in [0.05, 0.1) is 0 Å². The zero-order valence-electron chi connectivity index (χ0n) is 24.0. The third-order valence-corrected chi connectivity index (χ3v) is 14.2. The third-order valence-electron chi connectivity index (χ3n) is 14.2. The van der Waals surface area contributed by atoms with E-state index < -0.39 is 0 Å². The molecule has 5 fully saturated rings. The van der Waals surface area contributed by atoms with Crippen LogP contribution in [0.15, 0.2) is 0 Å². The number of rotatable bonds is 1. The van der Waals surface area contributed by atoms with E-state index in [2.05, 4.69) is 55.4 Å². The Morgan fingerprint density at radius 1 is 0.676 bits per heavy atom. The van der Waals surface area contributed by atoms with Crippen LogP contribution in [0.1, 0.15) is 133 Å². The minimum atomic E-state index is -0.0968. The highest BCUT2D eigenvalue weighted by atomic mass is 16.5. The van der Waals surface area contributed by atoms with Crippen LogP contribution in [0.5, 0.6) is 0 Å². The van der Waals surface area contributed by atoms with Crippen LogP contribution in [0.25, 0.3) is 0 Å². The molecule has 0 N–H and O–H groups in total. The zero-order valence-corrected chi connectivity index (χ0v) is 24.0. The van der Waals surface area contributed by atoms with Gasteiger partial charge in [0.15, 0.2) is 0 Å². The predicted molar refractivity (Wildman–Crippen MR) is 140 cm³/mol. The molecular formula is C32H54O2. The molecule has 0 aromatic heterocycles. The molecule has 0 spiro atoms. The largest absolute Gasteiger partial charge is 0.462 e. The molecule has 10 atom stereocenters. The van der Waals surface area contributed by atoms with Gasteiger partial charge in [-0.25, -0.2) is 0 Å². The van der Waals surface area contributed by atoms with Gasteiger partial charge in [0.2, 0.25) is 0 Å². The highest BCUT2D eigenvalue weighted by Crippen LogP contribution is 2.78. The fourth-order valence-corrected chi connectivity index (χ4v) is 11.7. The van der Waals surface area contributed by atoms with Crippen LogP contribution in [-0.2, 0) is 9.53 Å². The topological polar surface area (TPSA) is 26.3 Å². The minimum absolute atomic E-state index is 0.0968. The summed E-state index contributed by atoms with van der Waals surface area (Å²) in [5, 5.41) is 0. The van der Waals surface area contributed by atoms with E-state index in [1.54, 1.807) is 6.92 Å². The van der Waals surface area contributed by atoms with E-state index in [4.69, 9.17) is 4.74 Å². The van der Waals surface area contributed by atoms with Crippen molar-refractivity contribution in [3.63, 3.8) is 0 Å². The Labute approximate surface area is 210 Å². The van der Waals surface area contributed by atoms with Crippen LogP contribution >= 0.6 is 0 Å². The van der Waals surface area contributed by atoms with E-state index in [9.17, 15) is 4.79 Å². The highest BCUT2D eigenvalue weighted by Gasteiger charge is 2.70. The molecule has 0 radical (unpaired) electrons. The first-order valence-corrected chi connectivity index (χ1v) is 14.8. The van der Waals surface area contributed by atoms with Crippen LogP contribution in [0.2, 0.25) is 0 Å². The van der Waals surface area contributed by atoms with Gasteiger partial charge in [-0.3, -0.25) is 4.79 Å². The van der Waals surface area contributed by atoms with Crippen LogP contribution in [0, 0.1) is 56.2 Å². The first kappa shape index (κ1) is 25.1. The summed E-state index contributed by atoms with van der Waals surface area (Å²) in [7, 11) is 0. The fraction of sp³-hybridized carbons (Fsp3) is 0.969. The molecule has 0 unspecified atom stereocenters. The maximum Gasteiger partial charge on any atom is 0.302 e. The molecule has 5 aliphatic carbocycles. The second kappa shape index (κ2) is 7.50. The standard InChI is InChI=1S/C32H54O2/c1-21-23(34-22(2)33)10-11-24-29(21,6)13-12-25-30(24,7)17-19-32(9)26-20-27(3,4)14-15-28(26,5)16-18-31(25,32)8/h21,23-26H,10-20H2,1-9H3/t21-,23-,24+,25+,26-,28+,29+,30+,31+,32-/m0/s1. The quantitative estimate of drug-likeness (QED) is 0.358. The van der Waals surface area contributed by atoms with Crippen molar-refractivity contribution < 1.29 is 9.53 Å². The van der Waals surface area contributed by atoms with Gasteiger partial charge in [-0.1, -0.05) is 55.4 Å². The Kier molecular flexibility index (Phi) is 5.55. The SMILES string of the molecule is CC(=O)O[C@H]1CC[C@@H]2[C@](C)(CC[C@@H]3[C@]2(C)CC[C@@]2(C)[C@H]4CC(C)(C)CC[C@]4(C)CC[C@]32C)[C@H]1C. The maximum atomic E-state index is 11.8. The lowest BCUT2D eigenvalue weighted by atomic mass is 9.30. The number of fused-ring (bicyclic) bond motifs is 7. The van der Waals surface area contributed by atoms with Crippen molar-refractivity contribution in [1.82, 2.24) is 0 Å². The van der Waals surface area contributed by atoms with Crippen molar-refractivity contribution in [2.75, 3.05) is 0 Å². The molecule has 0 aliphatic heterocycles. The van der Waals surface area contributed by atoms with Crippen molar-refractivity contribution in [2.45, 2.75) is 139 Å². The molecule has 0 heterocycles. The van der Waals surface area contributed by atoms with E-state index in [1.807, 2.05) is 0 Å². The monoisotopic (exact) mass is 470 g/mol. The lowest BCUT2D eigenvalue weighted by molar-refractivity contribution is -0.263. The molecule has 0 saturated heterocycles. The van der Waals surface area contributed by atoms with E-state index >= 15 is 0 Å². The first-order valence-electron chi connectivity index (χ1n) is 14.8. The highest BCUT2D eigenvalue weighted by molar-refractivity contribution is 5.66. The lowest BCUT2D eigenvalue weighted by Crippen LogP contribution is -2.68. The van der Waals surface area contributed by atoms with Gasteiger partial charge >= 0.3 is 5.97 Å². The van der Waals surface area contributed by atoms with Crippen molar-refractivity contribution in [2.24, 2.45) is 56.2 Å². The number of carbonyl (C=O) groups excluding carboxylic acids is 1. The van der Waals surface area contributed by atoms with Gasteiger partial charge in [0.25, 0.3) is 0 Å². The van der Waals surface area contributed by atoms with Crippen molar-refractivity contribution >= 4 is 5.97 Å². The lowest BCUT2D eigenvalue weighted by Gasteiger charge is -2.75. The van der Waals surface area contributed by atoms with Crippen LogP contribution < -0.4 is 0 Å². The van der Waals surface area contributed by atoms with Gasteiger partial charge in [0, 0.05) is 6.92 Å². The van der Waals surface area contributed by atoms with Crippen LogP contribution in [0.4, 0.5) is 0 Å². The van der Waals surface area contributed by atoms with E-state index in [1.165, 1.54) is 64.2 Å². The Morgan fingerprint density at radius 2 is 1.29 bits per heavy atom. The van der Waals surface area contributed by atoms with Crippen molar-refractivity contribution in [3.05, 3.63) is 0 Å². The van der Waals surface area contributed by atoms with Crippen molar-refractivity contribution in [1.29, 1.82) is 0 Å².